The lowest BCUT2D eigenvalue weighted by atomic mass is 10.0. The molecule has 2 saturated heterocycles. The van der Waals surface area contributed by atoms with Gasteiger partial charge in [-0.15, -0.1) is 0 Å². The molecule has 1 aromatic rings. The van der Waals surface area contributed by atoms with Gasteiger partial charge in [-0.1, -0.05) is 25.6 Å². The summed E-state index contributed by atoms with van der Waals surface area (Å²) < 4.78 is 35.1. The number of fused-ring (bicyclic) bond motifs is 2. The summed E-state index contributed by atoms with van der Waals surface area (Å²) in [6.45, 7) is 4.12. The fourth-order valence-corrected chi connectivity index (χ4v) is 7.64. The quantitative estimate of drug-likeness (QED) is 0.754. The van der Waals surface area contributed by atoms with Crippen molar-refractivity contribution >= 4 is 38.4 Å². The molecule has 27 heavy (non-hydrogen) atoms. The molecule has 0 radical (unpaired) electrons. The van der Waals surface area contributed by atoms with E-state index < -0.39 is 9.84 Å². The number of hydrogen-bond donors (Lipinski definition) is 0. The highest BCUT2D eigenvalue weighted by molar-refractivity contribution is 8.16. The number of ether oxygens (including phenoxy) is 2. The van der Waals surface area contributed by atoms with Gasteiger partial charge in [-0.2, -0.15) is 4.99 Å². The van der Waals surface area contributed by atoms with E-state index in [-0.39, 0.29) is 41.4 Å². The SMILES string of the molecule is CCC(CC)C(=O)N=C1S[C@H]2CS(=O)(=O)C[C@H]2N1c1ccc2c(c1)OCO2. The molecule has 146 valence electrons. The summed E-state index contributed by atoms with van der Waals surface area (Å²) >= 11 is 1.39. The van der Waals surface area contributed by atoms with Crippen LogP contribution >= 0.6 is 11.8 Å². The molecule has 0 spiro atoms. The van der Waals surface area contributed by atoms with Gasteiger partial charge in [0.1, 0.15) is 0 Å². The van der Waals surface area contributed by atoms with Gasteiger partial charge < -0.3 is 14.4 Å². The molecule has 2 fully saturated rings. The summed E-state index contributed by atoms with van der Waals surface area (Å²) in [6, 6.07) is 5.26. The Bertz CT molecular complexity index is 895. The van der Waals surface area contributed by atoms with Gasteiger partial charge in [-0.05, 0) is 25.0 Å². The lowest BCUT2D eigenvalue weighted by Gasteiger charge is -2.25. The molecule has 2 atom stereocenters. The van der Waals surface area contributed by atoms with Crippen molar-refractivity contribution in [1.29, 1.82) is 0 Å². The summed E-state index contributed by atoms with van der Waals surface area (Å²) in [6.07, 6.45) is 1.48. The molecule has 4 rings (SSSR count). The lowest BCUT2D eigenvalue weighted by molar-refractivity contribution is -0.121. The number of hydrogen-bond acceptors (Lipinski definition) is 6. The van der Waals surface area contributed by atoms with Crippen LogP contribution in [-0.2, 0) is 14.6 Å². The molecule has 3 aliphatic heterocycles. The highest BCUT2D eigenvalue weighted by atomic mass is 32.2. The van der Waals surface area contributed by atoms with Crippen molar-refractivity contribution < 1.29 is 22.7 Å². The lowest BCUT2D eigenvalue weighted by Crippen LogP contribution is -2.37. The van der Waals surface area contributed by atoms with Gasteiger partial charge in [0.15, 0.2) is 26.5 Å². The monoisotopic (exact) mass is 410 g/mol. The number of aliphatic imine (C=N–C) groups is 1. The molecule has 0 bridgehead atoms. The van der Waals surface area contributed by atoms with Crippen molar-refractivity contribution in [3.05, 3.63) is 18.2 Å². The maximum absolute atomic E-state index is 12.6. The van der Waals surface area contributed by atoms with E-state index in [2.05, 4.69) is 4.99 Å². The number of carbonyl (C=O) groups excluding carboxylic acids is 1. The summed E-state index contributed by atoms with van der Waals surface area (Å²) in [5.41, 5.74) is 0.771. The number of sulfone groups is 1. The van der Waals surface area contributed by atoms with E-state index in [0.717, 1.165) is 18.5 Å². The van der Waals surface area contributed by atoms with E-state index in [9.17, 15) is 13.2 Å². The smallest absolute Gasteiger partial charge is 0.251 e. The number of thioether (sulfide) groups is 1. The second kappa shape index (κ2) is 7.01. The number of amidine groups is 1. The van der Waals surface area contributed by atoms with Gasteiger partial charge in [-0.25, -0.2) is 8.42 Å². The number of amides is 1. The molecule has 0 aromatic heterocycles. The molecular weight excluding hydrogens is 388 g/mol. The van der Waals surface area contributed by atoms with Crippen LogP contribution in [0.3, 0.4) is 0 Å². The van der Waals surface area contributed by atoms with Crippen LogP contribution in [0.2, 0.25) is 0 Å². The first-order valence-electron chi connectivity index (χ1n) is 9.10. The Hall–Kier alpha value is -1.74. The van der Waals surface area contributed by atoms with Crippen LogP contribution in [-0.4, -0.2) is 49.1 Å². The normalized spacial score (nSPS) is 26.8. The maximum atomic E-state index is 12.6. The van der Waals surface area contributed by atoms with Crippen molar-refractivity contribution in [3.63, 3.8) is 0 Å². The van der Waals surface area contributed by atoms with Crippen LogP contribution in [0, 0.1) is 5.92 Å². The molecule has 1 amide bonds. The average molecular weight is 411 g/mol. The number of carbonyl (C=O) groups is 1. The first-order chi connectivity index (χ1) is 12.9. The average Bonchev–Trinajstić information content (AvgIpc) is 3.27. The van der Waals surface area contributed by atoms with Crippen molar-refractivity contribution in [3.8, 4) is 11.5 Å². The molecule has 0 saturated carbocycles. The topological polar surface area (TPSA) is 85.3 Å². The largest absolute Gasteiger partial charge is 0.454 e. The van der Waals surface area contributed by atoms with Crippen molar-refractivity contribution in [2.45, 2.75) is 38.0 Å². The van der Waals surface area contributed by atoms with Crippen LogP contribution in [0.5, 0.6) is 11.5 Å². The predicted molar refractivity (Wildman–Crippen MR) is 105 cm³/mol. The Morgan fingerprint density at radius 3 is 2.74 bits per heavy atom. The zero-order chi connectivity index (χ0) is 19.2. The second-order valence-corrected chi connectivity index (χ2v) is 10.3. The highest BCUT2D eigenvalue weighted by Gasteiger charge is 2.49. The Kier molecular flexibility index (Phi) is 4.84. The first kappa shape index (κ1) is 18.6. The number of nitrogens with zero attached hydrogens (tertiary/aromatic N) is 2. The minimum absolute atomic E-state index is 0.0668. The van der Waals surface area contributed by atoms with Crippen LogP contribution < -0.4 is 14.4 Å². The van der Waals surface area contributed by atoms with Crippen molar-refractivity contribution in [2.75, 3.05) is 23.2 Å². The van der Waals surface area contributed by atoms with E-state index in [0.29, 0.717) is 16.7 Å². The fraction of sp³-hybridized carbons (Fsp3) is 0.556. The number of rotatable bonds is 4. The molecule has 3 heterocycles. The van der Waals surface area contributed by atoms with Gasteiger partial charge >= 0.3 is 0 Å². The molecule has 7 nitrogen and oxygen atoms in total. The zero-order valence-corrected chi connectivity index (χ0v) is 16.9. The summed E-state index contributed by atoms with van der Waals surface area (Å²) in [7, 11) is -3.09. The summed E-state index contributed by atoms with van der Waals surface area (Å²) in [5.74, 6) is 1.20. The van der Waals surface area contributed by atoms with E-state index in [4.69, 9.17) is 9.47 Å². The Morgan fingerprint density at radius 1 is 1.26 bits per heavy atom. The maximum Gasteiger partial charge on any atom is 0.251 e. The Labute approximate surface area is 163 Å². The van der Waals surface area contributed by atoms with Gasteiger partial charge in [0.05, 0.1) is 17.5 Å². The van der Waals surface area contributed by atoms with Crippen LogP contribution in [0.15, 0.2) is 23.2 Å². The zero-order valence-electron chi connectivity index (χ0n) is 15.3. The first-order valence-corrected chi connectivity index (χ1v) is 11.8. The van der Waals surface area contributed by atoms with E-state index in [1.807, 2.05) is 30.9 Å². The van der Waals surface area contributed by atoms with Crippen LogP contribution in [0.4, 0.5) is 5.69 Å². The van der Waals surface area contributed by atoms with E-state index in [1.54, 1.807) is 6.07 Å². The Balaban J connectivity index is 1.72. The molecule has 0 N–H and O–H groups in total. The molecule has 9 heteroatoms. The third-order valence-corrected chi connectivity index (χ3v) is 8.45. The molecular formula is C18H22N2O5S2. The van der Waals surface area contributed by atoms with E-state index >= 15 is 0 Å². The minimum Gasteiger partial charge on any atom is -0.454 e. The molecule has 0 aliphatic carbocycles. The fourth-order valence-electron chi connectivity index (χ4n) is 3.72. The van der Waals surface area contributed by atoms with Crippen molar-refractivity contribution in [1.82, 2.24) is 0 Å². The van der Waals surface area contributed by atoms with Gasteiger partial charge in [0.2, 0.25) is 6.79 Å². The van der Waals surface area contributed by atoms with Crippen LogP contribution in [0.25, 0.3) is 0 Å². The van der Waals surface area contributed by atoms with Gasteiger partial charge in [-0.3, -0.25) is 4.79 Å². The predicted octanol–water partition coefficient (Wildman–Crippen LogP) is 2.45. The van der Waals surface area contributed by atoms with Gasteiger partial charge in [0, 0.05) is 22.9 Å². The second-order valence-electron chi connectivity index (χ2n) is 6.95. The van der Waals surface area contributed by atoms with Crippen molar-refractivity contribution in [2.24, 2.45) is 10.9 Å². The minimum atomic E-state index is -3.09. The third kappa shape index (κ3) is 3.42. The highest BCUT2D eigenvalue weighted by Crippen LogP contribution is 2.44. The summed E-state index contributed by atoms with van der Waals surface area (Å²) in [4.78, 5) is 18.9. The van der Waals surface area contributed by atoms with Gasteiger partial charge in [0.25, 0.3) is 5.91 Å². The number of benzene rings is 1. The molecule has 0 unspecified atom stereocenters. The Morgan fingerprint density at radius 2 is 2.00 bits per heavy atom. The summed E-state index contributed by atoms with van der Waals surface area (Å²) in [5, 5.41) is 0.462. The van der Waals surface area contributed by atoms with Crippen LogP contribution in [0.1, 0.15) is 26.7 Å². The molecule has 1 aromatic carbocycles. The number of anilines is 1. The third-order valence-electron chi connectivity index (χ3n) is 5.24. The van der Waals surface area contributed by atoms with E-state index in [1.165, 1.54) is 11.8 Å². The standard InChI is InChI=1S/C18H22N2O5S2/c1-3-11(4-2)17(21)19-18-20(13-8-27(22,23)9-16(13)26-18)12-5-6-14-15(7-12)25-10-24-14/h5-7,11,13,16H,3-4,8-10H2,1-2H3/t13-,16+/m1/s1. The molecule has 3 aliphatic rings.